The van der Waals surface area contributed by atoms with Crippen molar-refractivity contribution < 1.29 is 17.6 Å². The Balaban J connectivity index is 1.61. The van der Waals surface area contributed by atoms with Crippen molar-refractivity contribution in [3.63, 3.8) is 0 Å². The number of amides is 1. The maximum absolute atomic E-state index is 12.3. The summed E-state index contributed by atoms with van der Waals surface area (Å²) in [4.78, 5) is 16.1. The van der Waals surface area contributed by atoms with Crippen molar-refractivity contribution in [1.29, 1.82) is 0 Å². The van der Waals surface area contributed by atoms with Gasteiger partial charge in [-0.25, -0.2) is 13.1 Å². The average molecular weight is 397 g/mol. The van der Waals surface area contributed by atoms with E-state index in [0.29, 0.717) is 17.0 Å². The highest BCUT2D eigenvalue weighted by Crippen LogP contribution is 2.14. The van der Waals surface area contributed by atoms with Gasteiger partial charge in [-0.1, -0.05) is 12.1 Å². The molecule has 3 rings (SSSR count). The van der Waals surface area contributed by atoms with Gasteiger partial charge in [-0.2, -0.15) is 0 Å². The smallest absolute Gasteiger partial charge is 0.248 e. The number of furan rings is 1. The van der Waals surface area contributed by atoms with Gasteiger partial charge in [0, 0.05) is 12.3 Å². The topological polar surface area (TPSA) is 101 Å². The number of anilines is 1. The van der Waals surface area contributed by atoms with E-state index in [1.807, 2.05) is 6.92 Å². The number of carbonyl (C=O) groups is 1. The summed E-state index contributed by atoms with van der Waals surface area (Å²) >= 11 is 0. The minimum absolute atomic E-state index is 0.0743. The summed E-state index contributed by atoms with van der Waals surface area (Å²) in [6.45, 7) is 1.95. The van der Waals surface area contributed by atoms with E-state index in [4.69, 9.17) is 4.42 Å². The molecule has 2 heterocycles. The number of nitrogens with one attached hydrogen (secondary N) is 2. The van der Waals surface area contributed by atoms with Crippen LogP contribution in [0.4, 0.5) is 5.69 Å². The van der Waals surface area contributed by atoms with Crippen LogP contribution < -0.4 is 10.0 Å². The molecule has 0 bridgehead atoms. The molecular weight excluding hydrogens is 378 g/mol. The summed E-state index contributed by atoms with van der Waals surface area (Å²) in [6.07, 6.45) is 7.70. The number of aromatic nitrogens is 1. The van der Waals surface area contributed by atoms with Gasteiger partial charge in [0.15, 0.2) is 0 Å². The van der Waals surface area contributed by atoms with E-state index in [1.165, 1.54) is 24.5 Å². The van der Waals surface area contributed by atoms with Gasteiger partial charge in [0.05, 0.1) is 29.6 Å². The Morgan fingerprint density at radius 1 is 1.18 bits per heavy atom. The van der Waals surface area contributed by atoms with E-state index < -0.39 is 10.0 Å². The minimum Gasteiger partial charge on any atom is -0.468 e. The van der Waals surface area contributed by atoms with Crippen molar-refractivity contribution in [1.82, 2.24) is 9.71 Å². The molecule has 0 aliphatic heterocycles. The van der Waals surface area contributed by atoms with Crippen molar-refractivity contribution >= 4 is 27.7 Å². The zero-order chi connectivity index (χ0) is 20.0. The van der Waals surface area contributed by atoms with Gasteiger partial charge in [-0.3, -0.25) is 9.78 Å². The van der Waals surface area contributed by atoms with Crippen molar-refractivity contribution in [2.45, 2.75) is 18.4 Å². The molecule has 7 nitrogen and oxygen atoms in total. The molecule has 144 valence electrons. The van der Waals surface area contributed by atoms with Crippen LogP contribution in [-0.2, 0) is 21.4 Å². The number of pyridine rings is 1. The lowest BCUT2D eigenvalue weighted by atomic mass is 10.2. The van der Waals surface area contributed by atoms with Gasteiger partial charge in [0.25, 0.3) is 0 Å². The molecule has 0 spiro atoms. The monoisotopic (exact) mass is 397 g/mol. The fourth-order valence-corrected chi connectivity index (χ4v) is 3.36. The van der Waals surface area contributed by atoms with Crippen LogP contribution in [-0.4, -0.2) is 19.3 Å². The second-order valence-electron chi connectivity index (χ2n) is 5.99. The molecule has 28 heavy (non-hydrogen) atoms. The molecule has 0 unspecified atom stereocenters. The number of nitrogens with zero attached hydrogens (tertiary/aromatic N) is 1. The summed E-state index contributed by atoms with van der Waals surface area (Å²) in [5.74, 6) is 0.228. The van der Waals surface area contributed by atoms with Crippen LogP contribution in [0.15, 0.2) is 76.5 Å². The first kappa shape index (κ1) is 19.5. The molecule has 1 amide bonds. The zero-order valence-electron chi connectivity index (χ0n) is 15.1. The van der Waals surface area contributed by atoms with E-state index in [0.717, 1.165) is 5.56 Å². The predicted molar refractivity (Wildman–Crippen MR) is 106 cm³/mol. The van der Waals surface area contributed by atoms with Crippen molar-refractivity contribution in [3.8, 4) is 0 Å². The Morgan fingerprint density at radius 2 is 1.96 bits per heavy atom. The average Bonchev–Trinajstić information content (AvgIpc) is 3.21. The molecule has 8 heteroatoms. The Kier molecular flexibility index (Phi) is 6.03. The summed E-state index contributed by atoms with van der Waals surface area (Å²) in [5.41, 5.74) is 2.25. The second kappa shape index (κ2) is 8.64. The fourth-order valence-electron chi connectivity index (χ4n) is 2.36. The minimum atomic E-state index is -3.65. The Morgan fingerprint density at radius 3 is 2.64 bits per heavy atom. The van der Waals surface area contributed by atoms with Gasteiger partial charge in [0.1, 0.15) is 5.76 Å². The van der Waals surface area contributed by atoms with Crippen LogP contribution in [0.2, 0.25) is 0 Å². The number of hydrogen-bond donors (Lipinski definition) is 2. The Bertz CT molecular complexity index is 1070. The summed E-state index contributed by atoms with van der Waals surface area (Å²) < 4.78 is 32.2. The molecule has 0 fully saturated rings. The molecule has 0 atom stereocenters. The maximum Gasteiger partial charge on any atom is 0.248 e. The number of aryl methyl sites for hydroxylation is 1. The molecule has 0 saturated heterocycles. The third kappa shape index (κ3) is 5.15. The highest BCUT2D eigenvalue weighted by atomic mass is 32.2. The first-order valence-electron chi connectivity index (χ1n) is 8.46. The van der Waals surface area contributed by atoms with Crippen LogP contribution in [0.5, 0.6) is 0 Å². The number of benzene rings is 1. The molecule has 2 N–H and O–H groups in total. The number of rotatable bonds is 7. The van der Waals surface area contributed by atoms with E-state index in [1.54, 1.807) is 48.8 Å². The van der Waals surface area contributed by atoms with Crippen LogP contribution in [0.1, 0.15) is 16.9 Å². The van der Waals surface area contributed by atoms with Crippen LogP contribution in [0, 0.1) is 6.92 Å². The number of carbonyl (C=O) groups excluding carboxylic acids is 1. The predicted octanol–water partition coefficient (Wildman–Crippen LogP) is 3.11. The van der Waals surface area contributed by atoms with E-state index in [2.05, 4.69) is 15.0 Å². The molecule has 1 aromatic carbocycles. The largest absolute Gasteiger partial charge is 0.468 e. The normalized spacial score (nSPS) is 11.6. The van der Waals surface area contributed by atoms with E-state index in [9.17, 15) is 13.2 Å². The van der Waals surface area contributed by atoms with Crippen LogP contribution >= 0.6 is 0 Å². The quantitative estimate of drug-likeness (QED) is 0.597. The van der Waals surface area contributed by atoms with Crippen LogP contribution in [0.25, 0.3) is 6.08 Å². The number of hydrogen-bond acceptors (Lipinski definition) is 5. The van der Waals surface area contributed by atoms with E-state index >= 15 is 0 Å². The molecule has 0 saturated carbocycles. The van der Waals surface area contributed by atoms with E-state index in [-0.39, 0.29) is 17.3 Å². The first-order chi connectivity index (χ1) is 13.4. The molecule has 0 aliphatic carbocycles. The standard InChI is InChI=1S/C20H19N3O4S/c1-15-10-11-21-14-19(15)23-20(24)9-6-16-4-7-18(8-5-16)28(25,26)22-13-17-3-2-12-27-17/h2-12,14,22H,13H2,1H3,(H,23,24)/b9-6+. The van der Waals surface area contributed by atoms with Gasteiger partial charge in [-0.15, -0.1) is 0 Å². The van der Waals surface area contributed by atoms with Crippen molar-refractivity contribution in [2.75, 3.05) is 5.32 Å². The summed E-state index contributed by atoms with van der Waals surface area (Å²) in [6, 6.07) is 11.4. The Hall–Kier alpha value is -3.23. The Labute approximate surface area is 163 Å². The highest BCUT2D eigenvalue weighted by molar-refractivity contribution is 7.89. The summed E-state index contributed by atoms with van der Waals surface area (Å²) in [7, 11) is -3.65. The lowest BCUT2D eigenvalue weighted by molar-refractivity contribution is -0.111. The SMILES string of the molecule is Cc1ccncc1NC(=O)/C=C/c1ccc(S(=O)(=O)NCc2ccco2)cc1. The van der Waals surface area contributed by atoms with Crippen molar-refractivity contribution in [3.05, 3.63) is 84.1 Å². The number of sulfonamides is 1. The maximum atomic E-state index is 12.3. The molecule has 0 aliphatic rings. The van der Waals surface area contributed by atoms with Gasteiger partial charge < -0.3 is 9.73 Å². The molecule has 0 radical (unpaired) electrons. The molecule has 3 aromatic rings. The van der Waals surface area contributed by atoms with Gasteiger partial charge >= 0.3 is 0 Å². The third-order valence-electron chi connectivity index (χ3n) is 3.93. The third-order valence-corrected chi connectivity index (χ3v) is 5.35. The fraction of sp³-hybridized carbons (Fsp3) is 0.100. The lowest BCUT2D eigenvalue weighted by Gasteiger charge is -2.06. The lowest BCUT2D eigenvalue weighted by Crippen LogP contribution is -2.22. The van der Waals surface area contributed by atoms with Gasteiger partial charge in [0.2, 0.25) is 15.9 Å². The summed E-state index contributed by atoms with van der Waals surface area (Å²) in [5, 5.41) is 2.74. The van der Waals surface area contributed by atoms with Crippen molar-refractivity contribution in [2.24, 2.45) is 0 Å². The highest BCUT2D eigenvalue weighted by Gasteiger charge is 2.14. The van der Waals surface area contributed by atoms with Gasteiger partial charge in [-0.05, 0) is 54.5 Å². The molecule has 2 aromatic heterocycles. The molecular formula is C20H19N3O4S. The first-order valence-corrected chi connectivity index (χ1v) is 9.94. The second-order valence-corrected chi connectivity index (χ2v) is 7.75. The van der Waals surface area contributed by atoms with Crippen LogP contribution in [0.3, 0.4) is 0 Å². The zero-order valence-corrected chi connectivity index (χ0v) is 15.9.